The van der Waals surface area contributed by atoms with E-state index in [0.717, 1.165) is 17.7 Å². The summed E-state index contributed by atoms with van der Waals surface area (Å²) < 4.78 is 18.1. The van der Waals surface area contributed by atoms with Crippen LogP contribution >= 0.6 is 0 Å². The Morgan fingerprint density at radius 2 is 1.76 bits per heavy atom. The molecule has 3 heterocycles. The number of allylic oxidation sites excluding steroid dienone is 2. The second kappa shape index (κ2) is 12.1. The van der Waals surface area contributed by atoms with Gasteiger partial charge < -0.3 is 24.1 Å². The number of rotatable bonds is 9. The highest BCUT2D eigenvalue weighted by molar-refractivity contribution is 6.00. The van der Waals surface area contributed by atoms with Gasteiger partial charge in [-0.1, -0.05) is 36.4 Å². The van der Waals surface area contributed by atoms with Crippen LogP contribution in [0.3, 0.4) is 0 Å². The number of carbonyl (C=O) groups is 2. The zero-order chi connectivity index (χ0) is 27.1. The lowest BCUT2D eigenvalue weighted by Crippen LogP contribution is -2.32. The molecule has 0 fully saturated rings. The summed E-state index contributed by atoms with van der Waals surface area (Å²) in [6.07, 6.45) is 10.7. The molecule has 3 aromatic rings. The lowest BCUT2D eigenvalue weighted by Gasteiger charge is -2.30. The molecule has 4 rings (SSSR count). The molecule has 0 saturated heterocycles. The van der Waals surface area contributed by atoms with Gasteiger partial charge in [0.05, 0.1) is 37.6 Å². The monoisotopic (exact) mass is 514 g/mol. The van der Waals surface area contributed by atoms with Crippen LogP contribution in [0.1, 0.15) is 36.5 Å². The van der Waals surface area contributed by atoms with Crippen LogP contribution in [-0.4, -0.2) is 47.3 Å². The van der Waals surface area contributed by atoms with Gasteiger partial charge in [0.25, 0.3) is 0 Å². The van der Waals surface area contributed by atoms with Crippen LogP contribution < -0.4 is 10.1 Å². The van der Waals surface area contributed by atoms with Gasteiger partial charge in [-0.15, -0.1) is 0 Å². The van der Waals surface area contributed by atoms with E-state index in [2.05, 4.69) is 15.3 Å². The first-order chi connectivity index (χ1) is 18.4. The van der Waals surface area contributed by atoms with Crippen molar-refractivity contribution in [1.29, 1.82) is 0 Å². The maximum atomic E-state index is 13.4. The molecule has 1 aliphatic rings. The number of methoxy groups -OCH3 is 2. The number of aromatic nitrogens is 3. The number of ether oxygens (including phenoxy) is 3. The summed E-state index contributed by atoms with van der Waals surface area (Å²) in [7, 11) is 2.79. The molecule has 2 aromatic heterocycles. The molecule has 0 aliphatic carbocycles. The molecule has 1 unspecified atom stereocenters. The van der Waals surface area contributed by atoms with Crippen molar-refractivity contribution in [3.63, 3.8) is 0 Å². The van der Waals surface area contributed by atoms with Gasteiger partial charge in [-0.05, 0) is 37.1 Å². The average Bonchev–Trinajstić information content (AvgIpc) is 3.44. The van der Waals surface area contributed by atoms with E-state index in [1.165, 1.54) is 14.2 Å². The molecule has 0 amide bonds. The highest BCUT2D eigenvalue weighted by Gasteiger charge is 2.39. The molecule has 38 heavy (non-hydrogen) atoms. The largest absolute Gasteiger partial charge is 0.481 e. The van der Waals surface area contributed by atoms with Gasteiger partial charge in [0.2, 0.25) is 5.88 Å². The first-order valence-electron chi connectivity index (χ1n) is 12.1. The standard InChI is InChI=1S/C29H30N4O5/c1-19-24(28(34)37-4)26(23-8-5-13-31-27(23)36-3)25(20(2)32-19)29(35)38-16-6-7-21-9-11-22(12-10-21)17-33-15-14-30-18-33/h5-15,18,26,32H,16-17H2,1-4H3. The van der Waals surface area contributed by atoms with Gasteiger partial charge in [-0.25, -0.2) is 19.6 Å². The summed E-state index contributed by atoms with van der Waals surface area (Å²) in [5, 5.41) is 3.12. The van der Waals surface area contributed by atoms with Crippen molar-refractivity contribution in [2.24, 2.45) is 0 Å². The predicted octanol–water partition coefficient (Wildman–Crippen LogP) is 4.00. The van der Waals surface area contributed by atoms with Crippen LogP contribution in [0.15, 0.2) is 89.9 Å². The van der Waals surface area contributed by atoms with E-state index < -0.39 is 17.9 Å². The van der Waals surface area contributed by atoms with Gasteiger partial charge in [0, 0.05) is 42.1 Å². The summed E-state index contributed by atoms with van der Waals surface area (Å²) in [5.41, 5.74) is 4.44. The van der Waals surface area contributed by atoms with Crippen molar-refractivity contribution in [3.05, 3.63) is 107 Å². The second-order valence-electron chi connectivity index (χ2n) is 8.71. The Bertz CT molecular complexity index is 1390. The first-order valence-corrected chi connectivity index (χ1v) is 12.1. The van der Waals surface area contributed by atoms with E-state index in [1.807, 2.05) is 41.1 Å². The average molecular weight is 515 g/mol. The number of hydrogen-bond acceptors (Lipinski definition) is 8. The van der Waals surface area contributed by atoms with Crippen LogP contribution in [0.25, 0.3) is 6.08 Å². The van der Waals surface area contributed by atoms with Crippen molar-refractivity contribution in [2.75, 3.05) is 20.8 Å². The summed E-state index contributed by atoms with van der Waals surface area (Å²) in [6, 6.07) is 11.6. The van der Waals surface area contributed by atoms with E-state index in [0.29, 0.717) is 34.0 Å². The summed E-state index contributed by atoms with van der Waals surface area (Å²) in [4.78, 5) is 34.5. The van der Waals surface area contributed by atoms with Gasteiger partial charge in [0.1, 0.15) is 6.61 Å². The summed E-state index contributed by atoms with van der Waals surface area (Å²) in [5.74, 6) is -1.57. The van der Waals surface area contributed by atoms with Crippen LogP contribution in [0.4, 0.5) is 0 Å². The fourth-order valence-corrected chi connectivity index (χ4v) is 4.46. The zero-order valence-corrected chi connectivity index (χ0v) is 21.8. The minimum absolute atomic E-state index is 0.0551. The number of imidazole rings is 1. The zero-order valence-electron chi connectivity index (χ0n) is 21.8. The van der Waals surface area contributed by atoms with Gasteiger partial charge in [-0.2, -0.15) is 0 Å². The minimum atomic E-state index is -0.771. The van der Waals surface area contributed by atoms with Crippen LogP contribution in [0, 0.1) is 0 Å². The van der Waals surface area contributed by atoms with Crippen molar-refractivity contribution >= 4 is 18.0 Å². The Morgan fingerprint density at radius 1 is 1.03 bits per heavy atom. The number of dihydropyridines is 1. The van der Waals surface area contributed by atoms with Gasteiger partial charge >= 0.3 is 11.9 Å². The van der Waals surface area contributed by atoms with E-state index in [4.69, 9.17) is 14.2 Å². The third-order valence-corrected chi connectivity index (χ3v) is 6.22. The van der Waals surface area contributed by atoms with E-state index >= 15 is 0 Å². The molecule has 0 spiro atoms. The SMILES string of the molecule is COC(=O)C1=C(C)NC(C)=C(C(=O)OCC=Cc2ccc(Cn3ccnc3)cc2)C1c1cccnc1OC. The second-order valence-corrected chi connectivity index (χ2v) is 8.71. The van der Waals surface area contributed by atoms with Crippen molar-refractivity contribution in [3.8, 4) is 5.88 Å². The maximum absolute atomic E-state index is 13.4. The number of carbonyl (C=O) groups excluding carboxylic acids is 2. The third kappa shape index (κ3) is 5.83. The molecule has 0 radical (unpaired) electrons. The van der Waals surface area contributed by atoms with Crippen LogP contribution in [0.2, 0.25) is 0 Å². The van der Waals surface area contributed by atoms with Crippen LogP contribution in [-0.2, 0) is 25.6 Å². The Morgan fingerprint density at radius 3 is 2.42 bits per heavy atom. The molecule has 0 bridgehead atoms. The Hall–Kier alpha value is -4.66. The maximum Gasteiger partial charge on any atom is 0.337 e. The smallest absolute Gasteiger partial charge is 0.337 e. The summed E-state index contributed by atoms with van der Waals surface area (Å²) in [6.45, 7) is 4.33. The molecule has 1 aliphatic heterocycles. The number of hydrogen-bond donors (Lipinski definition) is 1. The van der Waals surface area contributed by atoms with Gasteiger partial charge in [-0.3, -0.25) is 0 Å². The number of esters is 2. The van der Waals surface area contributed by atoms with Crippen molar-refractivity contribution < 1.29 is 23.8 Å². The highest BCUT2D eigenvalue weighted by Crippen LogP contribution is 2.41. The molecule has 0 saturated carbocycles. The fourth-order valence-electron chi connectivity index (χ4n) is 4.46. The fraction of sp³-hybridized carbons (Fsp3) is 0.241. The van der Waals surface area contributed by atoms with E-state index in [9.17, 15) is 9.59 Å². The number of nitrogens with zero attached hydrogens (tertiary/aromatic N) is 3. The molecule has 1 atom stereocenters. The third-order valence-electron chi connectivity index (χ3n) is 6.22. The normalized spacial score (nSPS) is 15.4. The number of pyridine rings is 1. The Kier molecular flexibility index (Phi) is 8.37. The number of benzene rings is 1. The quantitative estimate of drug-likeness (QED) is 0.428. The van der Waals surface area contributed by atoms with Crippen LogP contribution in [0.5, 0.6) is 5.88 Å². The molecule has 9 nitrogen and oxygen atoms in total. The van der Waals surface area contributed by atoms with Crippen molar-refractivity contribution in [2.45, 2.75) is 26.3 Å². The van der Waals surface area contributed by atoms with Gasteiger partial charge in [0.15, 0.2) is 0 Å². The Balaban J connectivity index is 1.50. The molecule has 1 aromatic carbocycles. The molecule has 196 valence electrons. The lowest BCUT2D eigenvalue weighted by molar-refractivity contribution is -0.138. The Labute approximate surface area is 221 Å². The number of nitrogens with one attached hydrogen (secondary N) is 1. The lowest BCUT2D eigenvalue weighted by atomic mass is 9.80. The molecular formula is C29H30N4O5. The summed E-state index contributed by atoms with van der Waals surface area (Å²) >= 11 is 0. The molecule has 9 heteroatoms. The predicted molar refractivity (Wildman–Crippen MR) is 142 cm³/mol. The highest BCUT2D eigenvalue weighted by atomic mass is 16.5. The topological polar surface area (TPSA) is 105 Å². The van der Waals surface area contributed by atoms with E-state index in [1.54, 1.807) is 50.8 Å². The first kappa shape index (κ1) is 26.4. The molecular weight excluding hydrogens is 484 g/mol. The minimum Gasteiger partial charge on any atom is -0.481 e. The molecule has 1 N–H and O–H groups in total. The van der Waals surface area contributed by atoms with Crippen molar-refractivity contribution in [1.82, 2.24) is 19.9 Å². The van der Waals surface area contributed by atoms with E-state index in [-0.39, 0.29) is 6.61 Å².